The molecule has 2 N–H and O–H groups in total. The summed E-state index contributed by atoms with van der Waals surface area (Å²) in [5.74, 6) is 0.580. The first-order valence-electron chi connectivity index (χ1n) is 5.35. The lowest BCUT2D eigenvalue weighted by atomic mass is 9.47. The van der Waals surface area contributed by atoms with E-state index in [4.69, 9.17) is 0 Å². The molecule has 2 heteroatoms. The number of aliphatic hydroxyl groups is 2. The smallest absolute Gasteiger partial charge is 0.0683 e. The summed E-state index contributed by atoms with van der Waals surface area (Å²) in [6, 6.07) is 0. The van der Waals surface area contributed by atoms with E-state index in [-0.39, 0.29) is 5.41 Å². The highest BCUT2D eigenvalue weighted by molar-refractivity contribution is 5.12. The summed E-state index contributed by atoms with van der Waals surface area (Å²) in [6.45, 7) is 2.23. The maximum atomic E-state index is 10.3. The Balaban J connectivity index is 2.03. The van der Waals surface area contributed by atoms with Gasteiger partial charge in [0.15, 0.2) is 0 Å². The third-order valence-corrected chi connectivity index (χ3v) is 4.29. The lowest BCUT2D eigenvalue weighted by Crippen LogP contribution is -2.62. The van der Waals surface area contributed by atoms with E-state index in [2.05, 4.69) is 6.92 Å². The zero-order chi connectivity index (χ0) is 9.32. The molecule has 13 heavy (non-hydrogen) atoms. The van der Waals surface area contributed by atoms with Crippen molar-refractivity contribution in [1.29, 1.82) is 0 Å². The van der Waals surface area contributed by atoms with E-state index in [0.717, 1.165) is 25.7 Å². The molecule has 0 spiro atoms. The molecule has 0 unspecified atom stereocenters. The van der Waals surface area contributed by atoms with Gasteiger partial charge < -0.3 is 10.2 Å². The Hall–Kier alpha value is -0.0800. The Morgan fingerprint density at radius 1 is 0.923 bits per heavy atom. The summed E-state index contributed by atoms with van der Waals surface area (Å²) in [5, 5.41) is 20.5. The van der Waals surface area contributed by atoms with Gasteiger partial charge in [0.2, 0.25) is 0 Å². The van der Waals surface area contributed by atoms with Crippen molar-refractivity contribution in [2.75, 3.05) is 0 Å². The minimum Gasteiger partial charge on any atom is -0.390 e. The fraction of sp³-hybridized carbons (Fsp3) is 1.00. The number of rotatable bonds is 0. The van der Waals surface area contributed by atoms with Crippen molar-refractivity contribution >= 4 is 0 Å². The van der Waals surface area contributed by atoms with E-state index in [0.29, 0.717) is 12.3 Å². The Morgan fingerprint density at radius 3 is 1.85 bits per heavy atom. The quantitative estimate of drug-likeness (QED) is 0.595. The van der Waals surface area contributed by atoms with Crippen LogP contribution < -0.4 is 0 Å². The Bertz CT molecular complexity index is 210. The molecule has 0 heterocycles. The third kappa shape index (κ3) is 1.08. The summed E-state index contributed by atoms with van der Waals surface area (Å²) in [5.41, 5.74) is -0.825. The van der Waals surface area contributed by atoms with Crippen LogP contribution >= 0.6 is 0 Å². The predicted molar refractivity (Wildman–Crippen MR) is 49.2 cm³/mol. The second-order valence-electron chi connectivity index (χ2n) is 6.27. The lowest BCUT2D eigenvalue weighted by Gasteiger charge is -2.62. The largest absolute Gasteiger partial charge is 0.390 e. The minimum atomic E-state index is -0.525. The summed E-state index contributed by atoms with van der Waals surface area (Å²) >= 11 is 0. The fourth-order valence-electron chi connectivity index (χ4n) is 4.81. The summed E-state index contributed by atoms with van der Waals surface area (Å²) in [6.07, 6.45) is 5.55. The van der Waals surface area contributed by atoms with Crippen LogP contribution in [0.3, 0.4) is 0 Å². The van der Waals surface area contributed by atoms with Crippen LogP contribution in [0.25, 0.3) is 0 Å². The summed E-state index contributed by atoms with van der Waals surface area (Å²) < 4.78 is 0. The van der Waals surface area contributed by atoms with Crippen LogP contribution in [0.2, 0.25) is 0 Å². The van der Waals surface area contributed by atoms with Gasteiger partial charge in [-0.2, -0.15) is 0 Å². The fourth-order valence-corrected chi connectivity index (χ4v) is 4.81. The maximum absolute atomic E-state index is 10.3. The SMILES string of the molecule is CC12CC3C[C@@](O)(C1)C[C@@](O)(C3)C2. The minimum absolute atomic E-state index is 0.225. The van der Waals surface area contributed by atoms with Gasteiger partial charge >= 0.3 is 0 Å². The molecular weight excluding hydrogens is 164 g/mol. The molecule has 0 amide bonds. The van der Waals surface area contributed by atoms with Gasteiger partial charge in [-0.3, -0.25) is 0 Å². The zero-order valence-electron chi connectivity index (χ0n) is 8.21. The average molecular weight is 182 g/mol. The molecule has 4 aliphatic rings. The van der Waals surface area contributed by atoms with E-state index < -0.39 is 11.2 Å². The molecule has 4 aliphatic carbocycles. The highest BCUT2D eigenvalue weighted by atomic mass is 16.3. The van der Waals surface area contributed by atoms with Crippen molar-refractivity contribution in [1.82, 2.24) is 0 Å². The second kappa shape index (κ2) is 1.96. The topological polar surface area (TPSA) is 40.5 Å². The normalized spacial score (nSPS) is 64.4. The van der Waals surface area contributed by atoms with E-state index in [1.807, 2.05) is 0 Å². The average Bonchev–Trinajstić information content (AvgIpc) is 1.71. The Labute approximate surface area is 79.0 Å². The van der Waals surface area contributed by atoms with Crippen molar-refractivity contribution in [2.45, 2.75) is 56.7 Å². The van der Waals surface area contributed by atoms with Crippen LogP contribution in [-0.4, -0.2) is 21.4 Å². The van der Waals surface area contributed by atoms with Gasteiger partial charge in [-0.25, -0.2) is 0 Å². The molecule has 0 aromatic rings. The number of hydrogen-bond donors (Lipinski definition) is 2. The monoisotopic (exact) mass is 182 g/mol. The molecule has 2 atom stereocenters. The van der Waals surface area contributed by atoms with Gasteiger partial charge in [0.1, 0.15) is 0 Å². The standard InChI is InChI=1S/C11H18O2/c1-9-2-8-3-10(12,5-9)7-11(13,4-8)6-9/h8,12-13H,2-7H2,1H3/t8?,9?,10-,11-/m1/s1. The van der Waals surface area contributed by atoms with Gasteiger partial charge in [-0.15, -0.1) is 0 Å². The van der Waals surface area contributed by atoms with Crippen molar-refractivity contribution in [3.63, 3.8) is 0 Å². The van der Waals surface area contributed by atoms with Crippen LogP contribution in [-0.2, 0) is 0 Å². The molecular formula is C11H18O2. The molecule has 4 saturated carbocycles. The Morgan fingerprint density at radius 2 is 1.46 bits per heavy atom. The summed E-state index contributed by atoms with van der Waals surface area (Å²) in [7, 11) is 0. The van der Waals surface area contributed by atoms with Gasteiger partial charge in [-0.05, 0) is 43.4 Å². The zero-order valence-corrected chi connectivity index (χ0v) is 8.21. The predicted octanol–water partition coefficient (Wildman–Crippen LogP) is 1.45. The van der Waals surface area contributed by atoms with Crippen molar-refractivity contribution in [3.05, 3.63) is 0 Å². The van der Waals surface area contributed by atoms with E-state index >= 15 is 0 Å². The highest BCUT2D eigenvalue weighted by Gasteiger charge is 2.60. The molecule has 0 aromatic carbocycles. The first-order valence-corrected chi connectivity index (χ1v) is 5.35. The Kier molecular flexibility index (Phi) is 1.24. The van der Waals surface area contributed by atoms with Crippen LogP contribution in [0, 0.1) is 11.3 Å². The summed E-state index contributed by atoms with van der Waals surface area (Å²) in [4.78, 5) is 0. The molecule has 74 valence electrons. The molecule has 2 nitrogen and oxygen atoms in total. The molecule has 0 radical (unpaired) electrons. The van der Waals surface area contributed by atoms with Gasteiger partial charge in [0.25, 0.3) is 0 Å². The molecule has 4 bridgehead atoms. The van der Waals surface area contributed by atoms with Crippen molar-refractivity contribution < 1.29 is 10.2 Å². The van der Waals surface area contributed by atoms with Gasteiger partial charge in [0.05, 0.1) is 11.2 Å². The lowest BCUT2D eigenvalue weighted by molar-refractivity contribution is -0.225. The van der Waals surface area contributed by atoms with Crippen molar-refractivity contribution in [2.24, 2.45) is 11.3 Å². The molecule has 0 aromatic heterocycles. The van der Waals surface area contributed by atoms with Gasteiger partial charge in [-0.1, -0.05) is 6.92 Å². The van der Waals surface area contributed by atoms with E-state index in [1.165, 1.54) is 6.42 Å². The van der Waals surface area contributed by atoms with Crippen LogP contribution in [0.15, 0.2) is 0 Å². The second-order valence-corrected chi connectivity index (χ2v) is 6.27. The van der Waals surface area contributed by atoms with Crippen molar-refractivity contribution in [3.8, 4) is 0 Å². The maximum Gasteiger partial charge on any atom is 0.0683 e. The molecule has 4 rings (SSSR count). The van der Waals surface area contributed by atoms with Gasteiger partial charge in [0, 0.05) is 6.42 Å². The number of hydrogen-bond acceptors (Lipinski definition) is 2. The van der Waals surface area contributed by atoms with Crippen LogP contribution in [0.4, 0.5) is 0 Å². The highest BCUT2D eigenvalue weighted by Crippen LogP contribution is 2.62. The van der Waals surface area contributed by atoms with E-state index in [9.17, 15) is 10.2 Å². The van der Waals surface area contributed by atoms with Crippen LogP contribution in [0.1, 0.15) is 45.4 Å². The molecule has 0 saturated heterocycles. The third-order valence-electron chi connectivity index (χ3n) is 4.29. The molecule has 4 fully saturated rings. The molecule has 0 aliphatic heterocycles. The first-order chi connectivity index (χ1) is 5.91. The van der Waals surface area contributed by atoms with E-state index in [1.54, 1.807) is 0 Å². The van der Waals surface area contributed by atoms with Crippen LogP contribution in [0.5, 0.6) is 0 Å². The first kappa shape index (κ1) is 8.25.